The third-order valence-corrected chi connectivity index (χ3v) is 4.17. The lowest BCUT2D eigenvalue weighted by Crippen LogP contribution is -2.46. The fourth-order valence-corrected chi connectivity index (χ4v) is 2.57. The quantitative estimate of drug-likeness (QED) is 0.557. The van der Waals surface area contributed by atoms with E-state index in [1.54, 1.807) is 24.4 Å². The van der Waals surface area contributed by atoms with Crippen LogP contribution in [0.25, 0.3) is 0 Å². The number of nitrogens with one attached hydrogen (secondary N) is 1. The summed E-state index contributed by atoms with van der Waals surface area (Å²) in [6.45, 7) is 0. The number of aromatic nitrogens is 1. The van der Waals surface area contributed by atoms with E-state index in [1.807, 2.05) is 0 Å². The SMILES string of the molecule is COC(=O)c1cccc(C(=O)N[C@H](Cc2cccnc2Br)C(N)=O)c1. The highest BCUT2D eigenvalue weighted by molar-refractivity contribution is 9.10. The molecule has 2 aromatic rings. The molecule has 7 nitrogen and oxygen atoms in total. The second-order valence-corrected chi connectivity index (χ2v) is 5.91. The number of nitrogens with two attached hydrogens (primary N) is 1. The van der Waals surface area contributed by atoms with Crippen molar-refractivity contribution in [3.05, 3.63) is 63.9 Å². The van der Waals surface area contributed by atoms with Crippen LogP contribution in [-0.4, -0.2) is 35.9 Å². The number of rotatable bonds is 6. The third-order valence-electron chi connectivity index (χ3n) is 3.45. The van der Waals surface area contributed by atoms with Crippen LogP contribution < -0.4 is 11.1 Å². The Morgan fingerprint density at radius 1 is 1.24 bits per heavy atom. The van der Waals surface area contributed by atoms with Crippen molar-refractivity contribution in [2.45, 2.75) is 12.5 Å². The van der Waals surface area contributed by atoms with Gasteiger partial charge in [0, 0.05) is 18.2 Å². The van der Waals surface area contributed by atoms with E-state index < -0.39 is 23.8 Å². The Kier molecular flexibility index (Phi) is 6.24. The van der Waals surface area contributed by atoms with Crippen molar-refractivity contribution in [2.24, 2.45) is 5.73 Å². The number of methoxy groups -OCH3 is 1. The Morgan fingerprint density at radius 2 is 1.96 bits per heavy atom. The van der Waals surface area contributed by atoms with Crippen molar-refractivity contribution in [1.82, 2.24) is 10.3 Å². The van der Waals surface area contributed by atoms with E-state index in [9.17, 15) is 14.4 Å². The van der Waals surface area contributed by atoms with Gasteiger partial charge in [-0.3, -0.25) is 9.59 Å². The highest BCUT2D eigenvalue weighted by Gasteiger charge is 2.21. The van der Waals surface area contributed by atoms with Gasteiger partial charge >= 0.3 is 5.97 Å². The highest BCUT2D eigenvalue weighted by Crippen LogP contribution is 2.15. The van der Waals surface area contributed by atoms with E-state index in [-0.39, 0.29) is 17.5 Å². The van der Waals surface area contributed by atoms with Crippen molar-refractivity contribution < 1.29 is 19.1 Å². The van der Waals surface area contributed by atoms with Gasteiger partial charge in [0.15, 0.2) is 0 Å². The molecule has 2 amide bonds. The molecule has 0 aliphatic rings. The number of hydrogen-bond acceptors (Lipinski definition) is 5. The van der Waals surface area contributed by atoms with E-state index in [0.29, 0.717) is 4.60 Å². The molecule has 3 N–H and O–H groups in total. The number of nitrogens with zero attached hydrogens (tertiary/aromatic N) is 1. The number of primary amides is 1. The van der Waals surface area contributed by atoms with Gasteiger partial charge in [0.05, 0.1) is 12.7 Å². The molecule has 0 aliphatic heterocycles. The van der Waals surface area contributed by atoms with Gasteiger partial charge in [-0.15, -0.1) is 0 Å². The predicted octanol–water partition coefficient (Wildman–Crippen LogP) is 1.46. The molecule has 0 bridgehead atoms. The van der Waals surface area contributed by atoms with E-state index in [0.717, 1.165) is 5.56 Å². The zero-order valence-electron chi connectivity index (χ0n) is 13.4. The molecule has 130 valence electrons. The average Bonchev–Trinajstić information content (AvgIpc) is 2.62. The predicted molar refractivity (Wildman–Crippen MR) is 93.9 cm³/mol. The van der Waals surface area contributed by atoms with Crippen molar-refractivity contribution in [3.8, 4) is 0 Å². The molecule has 0 saturated heterocycles. The molecule has 1 aromatic heterocycles. The van der Waals surface area contributed by atoms with E-state index in [4.69, 9.17) is 5.73 Å². The Morgan fingerprint density at radius 3 is 2.60 bits per heavy atom. The molecule has 0 spiro atoms. The van der Waals surface area contributed by atoms with Crippen LogP contribution in [0.15, 0.2) is 47.2 Å². The molecule has 1 aromatic carbocycles. The first kappa shape index (κ1) is 18.6. The summed E-state index contributed by atoms with van der Waals surface area (Å²) >= 11 is 3.29. The Hall–Kier alpha value is -2.74. The van der Waals surface area contributed by atoms with Gasteiger partial charge in [-0.05, 0) is 45.8 Å². The van der Waals surface area contributed by atoms with Crippen LogP contribution in [0.3, 0.4) is 0 Å². The summed E-state index contributed by atoms with van der Waals surface area (Å²) in [7, 11) is 1.25. The van der Waals surface area contributed by atoms with E-state index >= 15 is 0 Å². The summed E-state index contributed by atoms with van der Waals surface area (Å²) in [4.78, 5) is 39.7. The van der Waals surface area contributed by atoms with Crippen LogP contribution in [-0.2, 0) is 16.0 Å². The molecular formula is C17H16BrN3O4. The number of carbonyl (C=O) groups excluding carboxylic acids is 3. The molecular weight excluding hydrogens is 390 g/mol. The monoisotopic (exact) mass is 405 g/mol. The number of amides is 2. The van der Waals surface area contributed by atoms with Crippen molar-refractivity contribution in [1.29, 1.82) is 0 Å². The van der Waals surface area contributed by atoms with Crippen LogP contribution in [0.2, 0.25) is 0 Å². The first-order valence-electron chi connectivity index (χ1n) is 7.30. The maximum absolute atomic E-state index is 12.4. The second-order valence-electron chi connectivity index (χ2n) is 5.16. The number of carbonyl (C=O) groups is 3. The molecule has 0 fully saturated rings. The van der Waals surface area contributed by atoms with Gasteiger partial charge in [-0.2, -0.15) is 0 Å². The first-order valence-corrected chi connectivity index (χ1v) is 8.09. The number of benzene rings is 1. The van der Waals surface area contributed by atoms with Crippen LogP contribution in [0, 0.1) is 0 Å². The maximum Gasteiger partial charge on any atom is 0.337 e. The Bertz CT molecular complexity index is 810. The summed E-state index contributed by atoms with van der Waals surface area (Å²) in [6.07, 6.45) is 1.79. The van der Waals surface area contributed by atoms with Crippen molar-refractivity contribution >= 4 is 33.7 Å². The topological polar surface area (TPSA) is 111 Å². The van der Waals surface area contributed by atoms with Crippen molar-refractivity contribution in [3.63, 3.8) is 0 Å². The highest BCUT2D eigenvalue weighted by atomic mass is 79.9. The Balaban J connectivity index is 2.17. The Labute approximate surface area is 152 Å². The normalized spacial score (nSPS) is 11.4. The number of hydrogen-bond donors (Lipinski definition) is 2. The number of esters is 1. The van der Waals surface area contributed by atoms with Gasteiger partial charge in [-0.1, -0.05) is 12.1 Å². The first-order chi connectivity index (χ1) is 11.9. The van der Waals surface area contributed by atoms with Crippen LogP contribution >= 0.6 is 15.9 Å². The minimum Gasteiger partial charge on any atom is -0.465 e. The summed E-state index contributed by atoms with van der Waals surface area (Å²) in [6, 6.07) is 8.57. The number of pyridine rings is 1. The number of ether oxygens (including phenoxy) is 1. The van der Waals surface area contributed by atoms with Crippen LogP contribution in [0.4, 0.5) is 0 Å². The van der Waals surface area contributed by atoms with E-state index in [1.165, 1.54) is 25.3 Å². The smallest absolute Gasteiger partial charge is 0.337 e. The lowest BCUT2D eigenvalue weighted by atomic mass is 10.1. The fraction of sp³-hybridized carbons (Fsp3) is 0.176. The summed E-state index contributed by atoms with van der Waals surface area (Å²) < 4.78 is 5.20. The van der Waals surface area contributed by atoms with Gasteiger partial charge in [0.1, 0.15) is 10.6 Å². The van der Waals surface area contributed by atoms with Gasteiger partial charge < -0.3 is 15.8 Å². The molecule has 0 radical (unpaired) electrons. The lowest BCUT2D eigenvalue weighted by Gasteiger charge is -2.16. The zero-order valence-corrected chi connectivity index (χ0v) is 14.9. The molecule has 0 saturated carbocycles. The lowest BCUT2D eigenvalue weighted by molar-refractivity contribution is -0.119. The van der Waals surface area contributed by atoms with Crippen LogP contribution in [0.1, 0.15) is 26.3 Å². The summed E-state index contributed by atoms with van der Waals surface area (Å²) in [5, 5.41) is 2.58. The molecule has 0 unspecified atom stereocenters. The van der Waals surface area contributed by atoms with Gasteiger partial charge in [-0.25, -0.2) is 9.78 Å². The average molecular weight is 406 g/mol. The largest absolute Gasteiger partial charge is 0.465 e. The summed E-state index contributed by atoms with van der Waals surface area (Å²) in [5.74, 6) is -1.75. The molecule has 0 aliphatic carbocycles. The maximum atomic E-state index is 12.4. The van der Waals surface area contributed by atoms with Crippen molar-refractivity contribution in [2.75, 3.05) is 7.11 Å². The molecule has 8 heteroatoms. The number of halogens is 1. The summed E-state index contributed by atoms with van der Waals surface area (Å²) in [5.41, 5.74) is 6.59. The van der Waals surface area contributed by atoms with Gasteiger partial charge in [0.25, 0.3) is 5.91 Å². The minimum atomic E-state index is -0.921. The van der Waals surface area contributed by atoms with E-state index in [2.05, 4.69) is 31.0 Å². The van der Waals surface area contributed by atoms with Gasteiger partial charge in [0.2, 0.25) is 5.91 Å². The molecule has 1 atom stereocenters. The minimum absolute atomic E-state index is 0.187. The zero-order chi connectivity index (χ0) is 18.4. The fourth-order valence-electron chi connectivity index (χ4n) is 2.16. The van der Waals surface area contributed by atoms with Crippen LogP contribution in [0.5, 0.6) is 0 Å². The standard InChI is InChI=1S/C17H16BrN3O4/c1-25-17(24)12-5-2-4-11(8-12)16(23)21-13(15(19)22)9-10-6-3-7-20-14(10)18/h2-8,13H,9H2,1H3,(H2,19,22)(H,21,23)/t13-/m1/s1. The molecule has 2 rings (SSSR count). The second kappa shape index (κ2) is 8.39. The third kappa shape index (κ3) is 4.87. The molecule has 25 heavy (non-hydrogen) atoms. The molecule has 1 heterocycles.